The standard InChI is InChI=1S/C23H28Cl2N2O2/c1-4-16(2)26-23(29)17(3)27(13-12-18-8-6-5-7-9-18)22(28)15-19-10-11-20(24)21(25)14-19/h5-11,14,16-17H,4,12-13,15H2,1-3H3,(H,26,29)/t16-,17+/m0/s1. The van der Waals surface area contributed by atoms with Gasteiger partial charge in [-0.25, -0.2) is 0 Å². The number of nitrogens with zero attached hydrogens (tertiary/aromatic N) is 1. The Morgan fingerprint density at radius 1 is 1.00 bits per heavy atom. The van der Waals surface area contributed by atoms with E-state index in [2.05, 4.69) is 5.32 Å². The zero-order chi connectivity index (χ0) is 21.4. The van der Waals surface area contributed by atoms with Crippen molar-refractivity contribution >= 4 is 35.0 Å². The summed E-state index contributed by atoms with van der Waals surface area (Å²) < 4.78 is 0. The molecule has 0 aliphatic carbocycles. The fourth-order valence-corrected chi connectivity index (χ4v) is 3.28. The molecule has 4 nitrogen and oxygen atoms in total. The van der Waals surface area contributed by atoms with Crippen LogP contribution >= 0.6 is 23.2 Å². The molecule has 2 rings (SSSR count). The Kier molecular flexibility index (Phi) is 8.99. The average molecular weight is 435 g/mol. The molecule has 2 aromatic carbocycles. The van der Waals surface area contributed by atoms with Crippen molar-refractivity contribution in [3.63, 3.8) is 0 Å². The van der Waals surface area contributed by atoms with Crippen LogP contribution in [-0.4, -0.2) is 35.3 Å². The summed E-state index contributed by atoms with van der Waals surface area (Å²) in [6, 6.07) is 14.6. The van der Waals surface area contributed by atoms with Crippen LogP contribution in [0.15, 0.2) is 48.5 Å². The Morgan fingerprint density at radius 2 is 1.69 bits per heavy atom. The summed E-state index contributed by atoms with van der Waals surface area (Å²) in [6.45, 7) is 6.20. The van der Waals surface area contributed by atoms with E-state index < -0.39 is 6.04 Å². The van der Waals surface area contributed by atoms with E-state index in [0.717, 1.165) is 17.5 Å². The van der Waals surface area contributed by atoms with Gasteiger partial charge in [-0.3, -0.25) is 9.59 Å². The molecule has 156 valence electrons. The molecule has 0 saturated heterocycles. The molecule has 6 heteroatoms. The van der Waals surface area contributed by atoms with E-state index in [1.165, 1.54) is 0 Å². The molecular weight excluding hydrogens is 407 g/mol. The van der Waals surface area contributed by atoms with E-state index in [1.54, 1.807) is 30.0 Å². The Bertz CT molecular complexity index is 827. The maximum Gasteiger partial charge on any atom is 0.242 e. The van der Waals surface area contributed by atoms with Gasteiger partial charge in [-0.1, -0.05) is 66.5 Å². The summed E-state index contributed by atoms with van der Waals surface area (Å²) >= 11 is 12.1. The maximum absolute atomic E-state index is 13.1. The van der Waals surface area contributed by atoms with Gasteiger partial charge in [0.05, 0.1) is 16.5 Å². The van der Waals surface area contributed by atoms with Gasteiger partial charge in [0.15, 0.2) is 0 Å². The number of rotatable bonds is 9. The second-order valence-electron chi connectivity index (χ2n) is 7.24. The van der Waals surface area contributed by atoms with E-state index in [4.69, 9.17) is 23.2 Å². The van der Waals surface area contributed by atoms with E-state index in [-0.39, 0.29) is 24.3 Å². The van der Waals surface area contributed by atoms with Crippen molar-refractivity contribution in [2.45, 2.75) is 52.1 Å². The van der Waals surface area contributed by atoms with Gasteiger partial charge in [0, 0.05) is 12.6 Å². The second kappa shape index (κ2) is 11.2. The summed E-state index contributed by atoms with van der Waals surface area (Å²) in [6.07, 6.45) is 1.67. The summed E-state index contributed by atoms with van der Waals surface area (Å²) in [7, 11) is 0. The topological polar surface area (TPSA) is 49.4 Å². The first-order valence-electron chi connectivity index (χ1n) is 9.89. The SMILES string of the molecule is CC[C@H](C)NC(=O)[C@@H](C)N(CCc1ccccc1)C(=O)Cc1ccc(Cl)c(Cl)c1. The molecular formula is C23H28Cl2N2O2. The minimum atomic E-state index is -0.567. The lowest BCUT2D eigenvalue weighted by Crippen LogP contribution is -2.50. The van der Waals surface area contributed by atoms with Gasteiger partial charge in [0.2, 0.25) is 11.8 Å². The van der Waals surface area contributed by atoms with E-state index in [0.29, 0.717) is 23.0 Å². The number of amides is 2. The largest absolute Gasteiger partial charge is 0.352 e. The van der Waals surface area contributed by atoms with Crippen molar-refractivity contribution in [1.82, 2.24) is 10.2 Å². The molecule has 2 atom stereocenters. The molecule has 0 fully saturated rings. The van der Waals surface area contributed by atoms with Gasteiger partial charge in [-0.15, -0.1) is 0 Å². The smallest absolute Gasteiger partial charge is 0.242 e. The summed E-state index contributed by atoms with van der Waals surface area (Å²) in [4.78, 5) is 27.4. The number of hydrogen-bond donors (Lipinski definition) is 1. The lowest BCUT2D eigenvalue weighted by molar-refractivity contribution is -0.139. The minimum absolute atomic E-state index is 0.0612. The van der Waals surface area contributed by atoms with Crippen molar-refractivity contribution in [3.05, 3.63) is 69.7 Å². The zero-order valence-electron chi connectivity index (χ0n) is 17.1. The molecule has 0 unspecified atom stereocenters. The molecule has 0 bridgehead atoms. The molecule has 0 heterocycles. The van der Waals surface area contributed by atoms with Crippen molar-refractivity contribution in [1.29, 1.82) is 0 Å². The fraction of sp³-hybridized carbons (Fsp3) is 0.391. The van der Waals surface area contributed by atoms with Gasteiger partial charge >= 0.3 is 0 Å². The van der Waals surface area contributed by atoms with Gasteiger partial charge in [-0.2, -0.15) is 0 Å². The molecule has 0 spiro atoms. The van der Waals surface area contributed by atoms with Crippen LogP contribution in [0, 0.1) is 0 Å². The highest BCUT2D eigenvalue weighted by molar-refractivity contribution is 6.42. The second-order valence-corrected chi connectivity index (χ2v) is 8.06. The lowest BCUT2D eigenvalue weighted by atomic mass is 10.1. The average Bonchev–Trinajstić information content (AvgIpc) is 2.71. The molecule has 29 heavy (non-hydrogen) atoms. The number of halogens is 2. The first-order valence-corrected chi connectivity index (χ1v) is 10.6. The molecule has 0 aromatic heterocycles. The molecule has 0 saturated carbocycles. The van der Waals surface area contributed by atoms with E-state index >= 15 is 0 Å². The highest BCUT2D eigenvalue weighted by atomic mass is 35.5. The molecule has 2 aromatic rings. The maximum atomic E-state index is 13.1. The highest BCUT2D eigenvalue weighted by Gasteiger charge is 2.26. The predicted octanol–water partition coefficient (Wildman–Crippen LogP) is 4.91. The van der Waals surface area contributed by atoms with Gasteiger partial charge in [0.25, 0.3) is 0 Å². The third-order valence-electron chi connectivity index (χ3n) is 4.99. The predicted molar refractivity (Wildman–Crippen MR) is 119 cm³/mol. The summed E-state index contributed by atoms with van der Waals surface area (Å²) in [5.74, 6) is -0.263. The van der Waals surface area contributed by atoms with Crippen LogP contribution in [0.2, 0.25) is 10.0 Å². The molecule has 2 amide bonds. The fourth-order valence-electron chi connectivity index (χ4n) is 2.96. The van der Waals surface area contributed by atoms with E-state index in [9.17, 15) is 9.59 Å². The first-order chi connectivity index (χ1) is 13.8. The Labute approximate surface area is 183 Å². The number of hydrogen-bond acceptors (Lipinski definition) is 2. The molecule has 1 N–H and O–H groups in total. The number of nitrogens with one attached hydrogen (secondary N) is 1. The minimum Gasteiger partial charge on any atom is -0.352 e. The Morgan fingerprint density at radius 3 is 2.31 bits per heavy atom. The lowest BCUT2D eigenvalue weighted by Gasteiger charge is -2.29. The van der Waals surface area contributed by atoms with Crippen LogP contribution in [-0.2, 0) is 22.4 Å². The van der Waals surface area contributed by atoms with E-state index in [1.807, 2.05) is 44.2 Å². The van der Waals surface area contributed by atoms with Crippen molar-refractivity contribution in [2.24, 2.45) is 0 Å². The van der Waals surface area contributed by atoms with Gasteiger partial charge in [0.1, 0.15) is 6.04 Å². The number of benzene rings is 2. The normalized spacial score (nSPS) is 12.9. The number of carbonyl (C=O) groups is 2. The van der Waals surface area contributed by atoms with Crippen LogP contribution in [0.4, 0.5) is 0 Å². The van der Waals surface area contributed by atoms with Crippen LogP contribution in [0.5, 0.6) is 0 Å². The monoisotopic (exact) mass is 434 g/mol. The van der Waals surface area contributed by atoms with Crippen LogP contribution < -0.4 is 5.32 Å². The van der Waals surface area contributed by atoms with Crippen LogP contribution in [0.1, 0.15) is 38.3 Å². The van der Waals surface area contributed by atoms with Crippen LogP contribution in [0.25, 0.3) is 0 Å². The Balaban J connectivity index is 2.16. The van der Waals surface area contributed by atoms with Gasteiger partial charge < -0.3 is 10.2 Å². The highest BCUT2D eigenvalue weighted by Crippen LogP contribution is 2.23. The third kappa shape index (κ3) is 7.06. The molecule has 0 aliphatic rings. The molecule has 0 aliphatic heterocycles. The van der Waals surface area contributed by atoms with Crippen molar-refractivity contribution in [3.8, 4) is 0 Å². The first kappa shape index (κ1) is 23.2. The van der Waals surface area contributed by atoms with Crippen molar-refractivity contribution < 1.29 is 9.59 Å². The Hall–Kier alpha value is -2.04. The van der Waals surface area contributed by atoms with Gasteiger partial charge in [-0.05, 0) is 49.9 Å². The third-order valence-corrected chi connectivity index (χ3v) is 5.73. The molecule has 0 radical (unpaired) electrons. The number of carbonyl (C=O) groups excluding carboxylic acids is 2. The van der Waals surface area contributed by atoms with Crippen molar-refractivity contribution in [2.75, 3.05) is 6.54 Å². The zero-order valence-corrected chi connectivity index (χ0v) is 18.6. The summed E-state index contributed by atoms with van der Waals surface area (Å²) in [5, 5.41) is 3.83. The van der Waals surface area contributed by atoms with Crippen LogP contribution in [0.3, 0.4) is 0 Å². The quantitative estimate of drug-likeness (QED) is 0.609. The summed E-state index contributed by atoms with van der Waals surface area (Å²) in [5.41, 5.74) is 1.89.